The molecule has 1 N–H and O–H groups in total. The Bertz CT molecular complexity index is 505. The molecule has 4 nitrogen and oxygen atoms in total. The van der Waals surface area contributed by atoms with Gasteiger partial charge in [-0.2, -0.15) is 0 Å². The van der Waals surface area contributed by atoms with Crippen LogP contribution in [0.3, 0.4) is 0 Å². The van der Waals surface area contributed by atoms with E-state index in [1.165, 1.54) is 0 Å². The van der Waals surface area contributed by atoms with Crippen LogP contribution in [0.25, 0.3) is 0 Å². The molecule has 0 spiro atoms. The molecule has 1 aliphatic carbocycles. The van der Waals surface area contributed by atoms with E-state index in [0.29, 0.717) is 18.1 Å². The minimum atomic E-state index is -1.03. The average molecular weight is 278 g/mol. The van der Waals surface area contributed by atoms with Crippen molar-refractivity contribution in [2.45, 2.75) is 52.1 Å². The summed E-state index contributed by atoms with van der Waals surface area (Å²) in [6.07, 6.45) is 3.88. The largest absolute Gasteiger partial charge is 0.508 e. The molecule has 0 fully saturated rings. The molecule has 0 heterocycles. The zero-order valence-electron chi connectivity index (χ0n) is 12.4. The number of hydrogen-bond donors (Lipinski definition) is 1. The van der Waals surface area contributed by atoms with E-state index in [4.69, 9.17) is 9.47 Å². The summed E-state index contributed by atoms with van der Waals surface area (Å²) in [5, 5.41) is 9.93. The molecule has 1 aliphatic rings. The minimum absolute atomic E-state index is 0.320. The van der Waals surface area contributed by atoms with Gasteiger partial charge in [-0.05, 0) is 58.6 Å². The number of carbonyl (C=O) groups excluding carboxylic acids is 1. The van der Waals surface area contributed by atoms with Crippen molar-refractivity contribution >= 4 is 5.97 Å². The Labute approximate surface area is 119 Å². The zero-order chi connectivity index (χ0) is 14.8. The fourth-order valence-electron chi connectivity index (χ4n) is 2.53. The lowest BCUT2D eigenvalue weighted by Gasteiger charge is -2.28. The summed E-state index contributed by atoms with van der Waals surface area (Å²) in [7, 11) is 0. The Hall–Kier alpha value is -1.71. The van der Waals surface area contributed by atoms with Crippen molar-refractivity contribution in [2.75, 3.05) is 6.61 Å². The van der Waals surface area contributed by atoms with Crippen LogP contribution in [-0.4, -0.2) is 23.3 Å². The highest BCUT2D eigenvalue weighted by atomic mass is 16.6. The summed E-state index contributed by atoms with van der Waals surface area (Å²) in [6, 6.07) is 3.38. The summed E-state index contributed by atoms with van der Waals surface area (Å²) in [5.74, 6) is 0.620. The first-order chi connectivity index (χ1) is 9.45. The standard InChI is InChI=1S/C16H22O4/c1-4-19-15(18)16(2,3)20-14-10-9-13(17)11-7-5-6-8-12(11)14/h9-10,17H,4-8H2,1-3H3. The van der Waals surface area contributed by atoms with E-state index >= 15 is 0 Å². The number of hydrogen-bond acceptors (Lipinski definition) is 4. The third kappa shape index (κ3) is 2.89. The van der Waals surface area contributed by atoms with Crippen molar-refractivity contribution in [2.24, 2.45) is 0 Å². The van der Waals surface area contributed by atoms with Gasteiger partial charge >= 0.3 is 5.97 Å². The molecule has 110 valence electrons. The Balaban J connectivity index is 2.28. The molecule has 1 aromatic carbocycles. The summed E-state index contributed by atoms with van der Waals surface area (Å²) < 4.78 is 10.9. The number of esters is 1. The maximum atomic E-state index is 11.9. The number of phenols is 1. The van der Waals surface area contributed by atoms with Crippen LogP contribution in [0.1, 0.15) is 44.7 Å². The first kappa shape index (κ1) is 14.7. The van der Waals surface area contributed by atoms with Gasteiger partial charge in [0.15, 0.2) is 5.60 Å². The molecule has 0 saturated heterocycles. The van der Waals surface area contributed by atoms with Crippen LogP contribution >= 0.6 is 0 Å². The Morgan fingerprint density at radius 2 is 1.90 bits per heavy atom. The second-order valence-electron chi connectivity index (χ2n) is 5.58. The molecule has 4 heteroatoms. The summed E-state index contributed by atoms with van der Waals surface area (Å²) in [4.78, 5) is 11.9. The highest BCUT2D eigenvalue weighted by Gasteiger charge is 2.33. The van der Waals surface area contributed by atoms with Gasteiger partial charge in [-0.1, -0.05) is 0 Å². The predicted octanol–water partition coefficient (Wildman–Crippen LogP) is 2.99. The third-order valence-electron chi connectivity index (χ3n) is 3.60. The first-order valence-electron chi connectivity index (χ1n) is 7.15. The fourth-order valence-corrected chi connectivity index (χ4v) is 2.53. The average Bonchev–Trinajstić information content (AvgIpc) is 2.42. The second-order valence-corrected chi connectivity index (χ2v) is 5.58. The van der Waals surface area contributed by atoms with Crippen LogP contribution in [-0.2, 0) is 22.4 Å². The van der Waals surface area contributed by atoms with Gasteiger partial charge < -0.3 is 14.6 Å². The monoisotopic (exact) mass is 278 g/mol. The molecule has 2 rings (SSSR count). The number of carbonyl (C=O) groups is 1. The van der Waals surface area contributed by atoms with E-state index in [1.54, 1.807) is 32.9 Å². The molecule has 20 heavy (non-hydrogen) atoms. The molecule has 0 saturated carbocycles. The second kappa shape index (κ2) is 5.73. The number of benzene rings is 1. The summed E-state index contributed by atoms with van der Waals surface area (Å²) in [5.41, 5.74) is 0.945. The lowest BCUT2D eigenvalue weighted by Crippen LogP contribution is -2.40. The number of phenolic OH excluding ortho intramolecular Hbond substituents is 1. The number of aromatic hydroxyl groups is 1. The number of ether oxygens (including phenoxy) is 2. The maximum absolute atomic E-state index is 11.9. The van der Waals surface area contributed by atoms with Crippen LogP contribution in [0.4, 0.5) is 0 Å². The van der Waals surface area contributed by atoms with E-state index in [0.717, 1.165) is 36.8 Å². The van der Waals surface area contributed by atoms with Gasteiger partial charge in [0.1, 0.15) is 11.5 Å². The van der Waals surface area contributed by atoms with Crippen LogP contribution in [0, 0.1) is 0 Å². The maximum Gasteiger partial charge on any atom is 0.349 e. The molecular formula is C16H22O4. The molecule has 0 aliphatic heterocycles. The Morgan fingerprint density at radius 3 is 2.55 bits per heavy atom. The molecule has 0 bridgehead atoms. The van der Waals surface area contributed by atoms with E-state index in [2.05, 4.69) is 0 Å². The summed E-state index contributed by atoms with van der Waals surface area (Å²) in [6.45, 7) is 5.51. The van der Waals surface area contributed by atoms with Gasteiger partial charge in [0.25, 0.3) is 0 Å². The topological polar surface area (TPSA) is 55.8 Å². The van der Waals surface area contributed by atoms with Crippen LogP contribution in [0.15, 0.2) is 12.1 Å². The van der Waals surface area contributed by atoms with Crippen LogP contribution in [0.5, 0.6) is 11.5 Å². The normalized spacial score (nSPS) is 14.6. The number of fused-ring (bicyclic) bond motifs is 1. The molecule has 0 amide bonds. The third-order valence-corrected chi connectivity index (χ3v) is 3.60. The minimum Gasteiger partial charge on any atom is -0.508 e. The van der Waals surface area contributed by atoms with Gasteiger partial charge in [0.2, 0.25) is 0 Å². The molecule has 0 radical (unpaired) electrons. The predicted molar refractivity (Wildman–Crippen MR) is 76.1 cm³/mol. The van der Waals surface area contributed by atoms with Crippen molar-refractivity contribution in [1.82, 2.24) is 0 Å². The first-order valence-corrected chi connectivity index (χ1v) is 7.15. The van der Waals surface area contributed by atoms with Crippen LogP contribution < -0.4 is 4.74 Å². The van der Waals surface area contributed by atoms with Gasteiger partial charge in [0.05, 0.1) is 6.61 Å². The number of rotatable bonds is 4. The lowest BCUT2D eigenvalue weighted by molar-refractivity contribution is -0.158. The van der Waals surface area contributed by atoms with E-state index < -0.39 is 5.60 Å². The van der Waals surface area contributed by atoms with E-state index in [-0.39, 0.29) is 5.97 Å². The van der Waals surface area contributed by atoms with Gasteiger partial charge in [-0.3, -0.25) is 0 Å². The van der Waals surface area contributed by atoms with Gasteiger partial charge in [-0.15, -0.1) is 0 Å². The van der Waals surface area contributed by atoms with Crippen molar-refractivity contribution < 1.29 is 19.4 Å². The van der Waals surface area contributed by atoms with E-state index in [9.17, 15) is 9.90 Å². The SMILES string of the molecule is CCOC(=O)C(C)(C)Oc1ccc(O)c2c1CCCC2. The molecular weight excluding hydrogens is 256 g/mol. The smallest absolute Gasteiger partial charge is 0.349 e. The Morgan fingerprint density at radius 1 is 1.25 bits per heavy atom. The fraction of sp³-hybridized carbons (Fsp3) is 0.562. The molecule has 0 atom stereocenters. The lowest BCUT2D eigenvalue weighted by atomic mass is 9.90. The van der Waals surface area contributed by atoms with E-state index in [1.807, 2.05) is 0 Å². The molecule has 1 aromatic rings. The Kier molecular flexibility index (Phi) is 4.21. The van der Waals surface area contributed by atoms with Crippen molar-refractivity contribution in [3.63, 3.8) is 0 Å². The summed E-state index contributed by atoms with van der Waals surface area (Å²) >= 11 is 0. The highest BCUT2D eigenvalue weighted by molar-refractivity contribution is 5.79. The zero-order valence-corrected chi connectivity index (χ0v) is 12.4. The quantitative estimate of drug-likeness (QED) is 0.860. The molecule has 0 aromatic heterocycles. The highest BCUT2D eigenvalue weighted by Crippen LogP contribution is 2.37. The molecule has 0 unspecified atom stereocenters. The van der Waals surface area contributed by atoms with Crippen LogP contribution in [0.2, 0.25) is 0 Å². The van der Waals surface area contributed by atoms with Gasteiger partial charge in [0, 0.05) is 11.1 Å². The van der Waals surface area contributed by atoms with Crippen molar-refractivity contribution in [1.29, 1.82) is 0 Å². The van der Waals surface area contributed by atoms with Crippen molar-refractivity contribution in [3.05, 3.63) is 23.3 Å². The van der Waals surface area contributed by atoms with Gasteiger partial charge in [-0.25, -0.2) is 4.79 Å². The van der Waals surface area contributed by atoms with Crippen molar-refractivity contribution in [3.8, 4) is 11.5 Å².